The molecular weight excluding hydrogens is 325 g/mol. The summed E-state index contributed by atoms with van der Waals surface area (Å²) in [4.78, 5) is 11.8. The van der Waals surface area contributed by atoms with Crippen molar-refractivity contribution < 1.29 is 4.79 Å². The van der Waals surface area contributed by atoms with E-state index in [1.54, 1.807) is 0 Å². The molecule has 4 aliphatic carbocycles. The van der Waals surface area contributed by atoms with Gasteiger partial charge in [-0.2, -0.15) is 0 Å². The van der Waals surface area contributed by atoms with Gasteiger partial charge in [0.2, 0.25) is 5.91 Å². The minimum Gasteiger partial charge on any atom is -0.350 e. The first-order valence-electron chi connectivity index (χ1n) is 6.73. The number of halogens is 1. The third kappa shape index (κ3) is 2.02. The number of amides is 1. The van der Waals surface area contributed by atoms with Gasteiger partial charge in [-0.05, 0) is 55.3 Å². The molecule has 4 bridgehead atoms. The molecule has 2 nitrogen and oxygen atoms in total. The summed E-state index contributed by atoms with van der Waals surface area (Å²) in [5.41, 5.74) is 1.13. The first-order chi connectivity index (χ1) is 7.86. The van der Waals surface area contributed by atoms with Crippen LogP contribution in [0, 0.1) is 16.7 Å². The van der Waals surface area contributed by atoms with Crippen molar-refractivity contribution in [3.63, 3.8) is 0 Å². The summed E-state index contributed by atoms with van der Waals surface area (Å²) >= 11 is 2.17. The fraction of sp³-hybridized carbons (Fsp3) is 0.929. The second-order valence-electron chi connectivity index (χ2n) is 7.59. The van der Waals surface area contributed by atoms with Crippen LogP contribution in [-0.4, -0.2) is 15.9 Å². The fourth-order valence-corrected chi connectivity index (χ4v) is 6.11. The highest BCUT2D eigenvalue weighted by molar-refractivity contribution is 14.1. The van der Waals surface area contributed by atoms with Crippen LogP contribution in [0.25, 0.3) is 0 Å². The smallest absolute Gasteiger partial charge is 0.230 e. The molecule has 3 heteroatoms. The van der Waals surface area contributed by atoms with E-state index < -0.39 is 0 Å². The molecule has 2 unspecified atom stereocenters. The van der Waals surface area contributed by atoms with Gasteiger partial charge in [-0.1, -0.05) is 36.4 Å². The van der Waals surface area contributed by atoms with E-state index in [2.05, 4.69) is 41.8 Å². The van der Waals surface area contributed by atoms with E-state index in [9.17, 15) is 4.79 Å². The van der Waals surface area contributed by atoms with Crippen LogP contribution >= 0.6 is 22.6 Å². The van der Waals surface area contributed by atoms with Gasteiger partial charge in [0.05, 0.1) is 4.43 Å². The number of carbonyl (C=O) groups excluding carboxylic acids is 1. The van der Waals surface area contributed by atoms with E-state index in [-0.39, 0.29) is 11.4 Å². The number of rotatable bonds is 2. The molecule has 0 heterocycles. The molecule has 4 fully saturated rings. The molecule has 0 radical (unpaired) electrons. The summed E-state index contributed by atoms with van der Waals surface area (Å²) < 4.78 is 0.595. The van der Waals surface area contributed by atoms with Crippen LogP contribution in [0.15, 0.2) is 0 Å². The van der Waals surface area contributed by atoms with E-state index in [1.165, 1.54) is 38.5 Å². The van der Waals surface area contributed by atoms with E-state index in [0.717, 1.165) is 5.92 Å². The quantitative estimate of drug-likeness (QED) is 0.603. The Bertz CT molecular complexity index is 349. The second-order valence-corrected chi connectivity index (χ2v) is 8.35. The molecule has 2 atom stereocenters. The largest absolute Gasteiger partial charge is 0.350 e. The molecular formula is C14H22INO. The maximum Gasteiger partial charge on any atom is 0.230 e. The van der Waals surface area contributed by atoms with E-state index in [1.807, 2.05) is 0 Å². The van der Waals surface area contributed by atoms with Crippen LogP contribution in [0.2, 0.25) is 0 Å². The number of alkyl halides is 1. The number of hydrogen-bond acceptors (Lipinski definition) is 1. The third-order valence-corrected chi connectivity index (χ3v) is 5.85. The second kappa shape index (κ2) is 3.61. The molecule has 96 valence electrons. The first kappa shape index (κ1) is 12.2. The molecule has 0 aromatic rings. The highest BCUT2D eigenvalue weighted by Crippen LogP contribution is 2.66. The summed E-state index contributed by atoms with van der Waals surface area (Å²) in [6.45, 7) is 4.89. The van der Waals surface area contributed by atoms with E-state index >= 15 is 0 Å². The lowest BCUT2D eigenvalue weighted by molar-refractivity contribution is -0.137. The van der Waals surface area contributed by atoms with E-state index in [0.29, 0.717) is 15.3 Å². The predicted octanol–water partition coefficient (Wildman–Crippen LogP) is 3.29. The summed E-state index contributed by atoms with van der Waals surface area (Å²) in [5.74, 6) is 1.09. The van der Waals surface area contributed by atoms with E-state index in [4.69, 9.17) is 0 Å². The highest BCUT2D eigenvalue weighted by atomic mass is 127. The monoisotopic (exact) mass is 347 g/mol. The molecule has 17 heavy (non-hydrogen) atoms. The Morgan fingerprint density at radius 2 is 1.76 bits per heavy atom. The first-order valence-corrected chi connectivity index (χ1v) is 8.26. The molecule has 0 aliphatic heterocycles. The molecule has 0 saturated heterocycles. The van der Waals surface area contributed by atoms with Crippen molar-refractivity contribution in [2.75, 3.05) is 4.43 Å². The van der Waals surface area contributed by atoms with Gasteiger partial charge in [-0.3, -0.25) is 4.79 Å². The number of carbonyl (C=O) groups is 1. The maximum absolute atomic E-state index is 11.8. The zero-order valence-electron chi connectivity index (χ0n) is 10.8. The molecule has 1 amide bonds. The zero-order valence-corrected chi connectivity index (χ0v) is 13.0. The average Bonchev–Trinajstić information content (AvgIpc) is 2.10. The number of nitrogens with one attached hydrogen (secondary N) is 1. The van der Waals surface area contributed by atoms with Gasteiger partial charge in [-0.25, -0.2) is 0 Å². The van der Waals surface area contributed by atoms with Crippen LogP contribution in [0.4, 0.5) is 0 Å². The van der Waals surface area contributed by atoms with Gasteiger partial charge < -0.3 is 5.32 Å². The van der Waals surface area contributed by atoms with Gasteiger partial charge in [0.1, 0.15) is 0 Å². The van der Waals surface area contributed by atoms with Crippen LogP contribution in [-0.2, 0) is 4.79 Å². The Labute approximate surface area is 117 Å². The molecule has 4 aliphatic rings. The average molecular weight is 347 g/mol. The van der Waals surface area contributed by atoms with Crippen LogP contribution < -0.4 is 5.32 Å². The SMILES string of the molecule is CC12CC3CC(C)(C1)CC(NC(=O)CI)(C3)C2. The summed E-state index contributed by atoms with van der Waals surface area (Å²) in [6, 6.07) is 0. The topological polar surface area (TPSA) is 29.1 Å². The molecule has 0 aromatic heterocycles. The summed E-state index contributed by atoms with van der Waals surface area (Å²) in [6.07, 6.45) is 7.83. The third-order valence-electron chi connectivity index (χ3n) is 5.15. The van der Waals surface area contributed by atoms with Crippen molar-refractivity contribution in [2.45, 2.75) is 57.9 Å². The minimum absolute atomic E-state index is 0.144. The number of hydrogen-bond donors (Lipinski definition) is 1. The zero-order chi connectivity index (χ0) is 12.3. The van der Waals surface area contributed by atoms with Crippen molar-refractivity contribution in [1.82, 2.24) is 5.32 Å². The molecule has 1 N–H and O–H groups in total. The molecule has 4 rings (SSSR count). The molecule has 0 aromatic carbocycles. The molecule has 0 spiro atoms. The van der Waals surface area contributed by atoms with Crippen molar-refractivity contribution in [2.24, 2.45) is 16.7 Å². The molecule has 4 saturated carbocycles. The van der Waals surface area contributed by atoms with Crippen LogP contribution in [0.1, 0.15) is 52.4 Å². The van der Waals surface area contributed by atoms with Crippen LogP contribution in [0.3, 0.4) is 0 Å². The standard InChI is InChI=1S/C14H22INO/c1-12-3-10-4-13(2,7-12)9-14(5-10,8-12)16-11(17)6-15/h10H,3-9H2,1-2H3,(H,16,17). The lowest BCUT2D eigenvalue weighted by atomic mass is 9.43. The van der Waals surface area contributed by atoms with Crippen molar-refractivity contribution in [3.05, 3.63) is 0 Å². The summed E-state index contributed by atoms with van der Waals surface area (Å²) in [7, 11) is 0. The minimum atomic E-state index is 0.144. The Hall–Kier alpha value is 0.200. The lowest BCUT2D eigenvalue weighted by Gasteiger charge is -2.65. The Balaban J connectivity index is 1.89. The Kier molecular flexibility index (Phi) is 2.60. The van der Waals surface area contributed by atoms with Gasteiger partial charge in [0.25, 0.3) is 0 Å². The van der Waals surface area contributed by atoms with Crippen molar-refractivity contribution >= 4 is 28.5 Å². The normalized spacial score (nSPS) is 51.6. The van der Waals surface area contributed by atoms with Gasteiger partial charge in [-0.15, -0.1) is 0 Å². The van der Waals surface area contributed by atoms with Gasteiger partial charge in [0, 0.05) is 5.54 Å². The summed E-state index contributed by atoms with van der Waals surface area (Å²) in [5, 5.41) is 3.38. The Morgan fingerprint density at radius 3 is 2.24 bits per heavy atom. The highest BCUT2D eigenvalue weighted by Gasteiger charge is 2.60. The van der Waals surface area contributed by atoms with Crippen molar-refractivity contribution in [1.29, 1.82) is 0 Å². The predicted molar refractivity (Wildman–Crippen MR) is 77.2 cm³/mol. The lowest BCUT2D eigenvalue weighted by Crippen LogP contribution is -2.65. The van der Waals surface area contributed by atoms with Crippen molar-refractivity contribution in [3.8, 4) is 0 Å². The van der Waals surface area contributed by atoms with Gasteiger partial charge >= 0.3 is 0 Å². The van der Waals surface area contributed by atoms with Crippen LogP contribution in [0.5, 0.6) is 0 Å². The fourth-order valence-electron chi connectivity index (χ4n) is 5.92. The maximum atomic E-state index is 11.8. The Morgan fingerprint density at radius 1 is 1.18 bits per heavy atom. The van der Waals surface area contributed by atoms with Gasteiger partial charge in [0.15, 0.2) is 0 Å².